The Labute approximate surface area is 280 Å². The molecule has 3 aromatic heterocycles. The molecule has 0 spiro atoms. The maximum Gasteiger partial charge on any atom is 0.131 e. The van der Waals surface area contributed by atoms with Crippen LogP contribution >= 0.6 is 0 Å². The van der Waals surface area contributed by atoms with Crippen LogP contribution in [0.2, 0.25) is 0 Å². The van der Waals surface area contributed by atoms with Gasteiger partial charge in [-0.1, -0.05) is 58.4 Å². The van der Waals surface area contributed by atoms with Gasteiger partial charge in [-0.3, -0.25) is 4.98 Å². The Hall–Kier alpha value is -1.59. The molecule has 3 fully saturated rings. The van der Waals surface area contributed by atoms with Crippen molar-refractivity contribution in [1.82, 2.24) is 24.9 Å². The van der Waals surface area contributed by atoms with Crippen LogP contribution in [0.3, 0.4) is 0 Å². The second-order valence-electron chi connectivity index (χ2n) is 13.1. The summed E-state index contributed by atoms with van der Waals surface area (Å²) in [4.78, 5) is 22.1. The summed E-state index contributed by atoms with van der Waals surface area (Å²) in [6, 6.07) is 4.39. The summed E-state index contributed by atoms with van der Waals surface area (Å²) in [7, 11) is 0. The largest absolute Gasteiger partial charge is 0.328 e. The summed E-state index contributed by atoms with van der Waals surface area (Å²) in [5.41, 5.74) is 4.87. The summed E-state index contributed by atoms with van der Waals surface area (Å²) in [5.74, 6) is 5.87. The summed E-state index contributed by atoms with van der Waals surface area (Å²) < 4.78 is 0. The minimum Gasteiger partial charge on any atom is -0.328 e. The zero-order valence-electron chi connectivity index (χ0n) is 26.8. The predicted molar refractivity (Wildman–Crippen MR) is 169 cm³/mol. The van der Waals surface area contributed by atoms with Crippen LogP contribution in [0.1, 0.15) is 143 Å². The molecule has 0 N–H and O–H groups in total. The summed E-state index contributed by atoms with van der Waals surface area (Å²) >= 11 is 0. The van der Waals surface area contributed by atoms with Crippen molar-refractivity contribution in [2.45, 2.75) is 129 Å². The normalized spacial score (nSPS) is 24.2. The van der Waals surface area contributed by atoms with E-state index in [1.54, 1.807) is 0 Å². The third kappa shape index (κ3) is 11.5. The van der Waals surface area contributed by atoms with Gasteiger partial charge in [0.1, 0.15) is 11.6 Å². The van der Waals surface area contributed by atoms with Crippen molar-refractivity contribution in [2.75, 3.05) is 0 Å². The van der Waals surface area contributed by atoms with E-state index in [1.807, 2.05) is 44.8 Å². The molecule has 6 rings (SSSR count). The number of hydrogen-bond donors (Lipinski definition) is 0. The maximum absolute atomic E-state index is 4.53. The van der Waals surface area contributed by atoms with Gasteiger partial charge in [0.15, 0.2) is 0 Å². The van der Waals surface area contributed by atoms with E-state index in [4.69, 9.17) is 0 Å². The van der Waals surface area contributed by atoms with Gasteiger partial charge in [0.05, 0.1) is 0 Å². The maximum atomic E-state index is 4.53. The van der Waals surface area contributed by atoms with Crippen LogP contribution in [0.5, 0.6) is 0 Å². The van der Waals surface area contributed by atoms with Gasteiger partial charge in [0.2, 0.25) is 0 Å². The van der Waals surface area contributed by atoms with Crippen LogP contribution in [0.15, 0.2) is 43.1 Å². The predicted octanol–water partition coefficient (Wildman–Crippen LogP) is 9.41. The fourth-order valence-electron chi connectivity index (χ4n) is 6.21. The Balaban J connectivity index is 0.000000171. The Morgan fingerprint density at radius 1 is 0.500 bits per heavy atom. The second kappa shape index (κ2) is 18.3. The number of hydrogen-bond acceptors (Lipinski definition) is 5. The molecule has 42 heavy (non-hydrogen) atoms. The number of aryl methyl sites for hydroxylation is 3. The number of pyridine rings is 1. The zero-order chi connectivity index (χ0) is 29.0. The van der Waals surface area contributed by atoms with Gasteiger partial charge >= 0.3 is 0 Å². The topological polar surface area (TPSA) is 64.5 Å². The Morgan fingerprint density at radius 2 is 0.905 bits per heavy atom. The van der Waals surface area contributed by atoms with Crippen LogP contribution in [0.25, 0.3) is 0 Å². The van der Waals surface area contributed by atoms with E-state index >= 15 is 0 Å². The van der Waals surface area contributed by atoms with Crippen LogP contribution in [-0.2, 0) is 32.7 Å². The van der Waals surface area contributed by atoms with Crippen LogP contribution in [0.4, 0.5) is 0 Å². The molecule has 6 heteroatoms. The van der Waals surface area contributed by atoms with E-state index in [9.17, 15) is 0 Å². The standard InChI is InChI=1S/C13H19N.C12H18N2.C11H15N2.Y/c1-10-3-6-12(7-4-10)13-8-5-11(2)9-14-13;1-9-3-5-11(6-4-9)12-13-7-10(2)8-14-12;1-9-7-12-11(13-8-9)10-5-3-2-4-6-10;/h5,8-10,12H,3-4,6-7H2,1-2H3;7-9,11H,3-6H2,1-2H3;2,7-8,10H,3-6H2,1H3;/q;;-1;. The fraction of sp³-hybridized carbons (Fsp3) is 0.611. The molecule has 3 heterocycles. The van der Waals surface area contributed by atoms with E-state index in [1.165, 1.54) is 88.3 Å². The van der Waals surface area contributed by atoms with Gasteiger partial charge in [-0.15, -0.1) is 0 Å². The first-order valence-corrected chi connectivity index (χ1v) is 16.2. The summed E-state index contributed by atoms with van der Waals surface area (Å²) in [5, 5.41) is 0. The van der Waals surface area contributed by atoms with Gasteiger partial charge < -0.3 is 6.42 Å². The molecular weight excluding hydrogens is 591 g/mol. The zero-order valence-corrected chi connectivity index (χ0v) is 29.6. The van der Waals surface area contributed by atoms with Crippen molar-refractivity contribution >= 4 is 0 Å². The van der Waals surface area contributed by atoms with Gasteiger partial charge in [0, 0.05) is 87.1 Å². The average Bonchev–Trinajstić information content (AvgIpc) is 3.00. The van der Waals surface area contributed by atoms with Crippen molar-refractivity contribution in [3.8, 4) is 0 Å². The first-order chi connectivity index (χ1) is 19.9. The first kappa shape index (κ1) is 34.9. The van der Waals surface area contributed by atoms with Gasteiger partial charge in [-0.25, -0.2) is 19.9 Å². The van der Waals surface area contributed by atoms with E-state index in [-0.39, 0.29) is 32.7 Å². The molecule has 1 radical (unpaired) electrons. The van der Waals surface area contributed by atoms with E-state index in [2.05, 4.69) is 64.2 Å². The number of nitrogens with zero attached hydrogens (tertiary/aromatic N) is 5. The Kier molecular flexibility index (Phi) is 15.2. The Bertz CT molecular complexity index is 1060. The molecule has 0 bridgehead atoms. The smallest absolute Gasteiger partial charge is 0.131 e. The number of aromatic nitrogens is 5. The van der Waals surface area contributed by atoms with Crippen LogP contribution in [-0.4, -0.2) is 24.9 Å². The first-order valence-electron chi connectivity index (χ1n) is 16.2. The molecule has 3 aliphatic rings. The minimum atomic E-state index is 0. The molecule has 0 amide bonds. The molecule has 225 valence electrons. The van der Waals surface area contributed by atoms with E-state index < -0.39 is 0 Å². The van der Waals surface area contributed by atoms with E-state index in [0.717, 1.165) is 40.5 Å². The summed E-state index contributed by atoms with van der Waals surface area (Å²) in [6.07, 6.45) is 27.6. The molecule has 0 saturated heterocycles. The average molecular weight is 644 g/mol. The molecule has 3 aromatic rings. The van der Waals surface area contributed by atoms with Crippen molar-refractivity contribution in [3.63, 3.8) is 0 Å². The third-order valence-corrected chi connectivity index (χ3v) is 9.15. The van der Waals surface area contributed by atoms with Gasteiger partial charge in [-0.05, 0) is 81.0 Å². The number of rotatable bonds is 3. The molecule has 0 unspecified atom stereocenters. The van der Waals surface area contributed by atoms with Crippen molar-refractivity contribution < 1.29 is 32.7 Å². The molecule has 3 aliphatic carbocycles. The Morgan fingerprint density at radius 3 is 1.33 bits per heavy atom. The third-order valence-electron chi connectivity index (χ3n) is 9.15. The SMILES string of the molecule is Cc1ccc(C2CCC(C)CC2)nc1.Cc1cnc(C2CCC(C)CC2)nc1.Cc1cnc(C2CC[CH-]CC2)nc1.[Y]. The second-order valence-corrected chi connectivity index (χ2v) is 13.1. The molecule has 0 atom stereocenters. The quantitative estimate of drug-likeness (QED) is 0.266. The monoisotopic (exact) mass is 643 g/mol. The van der Waals surface area contributed by atoms with Crippen LogP contribution < -0.4 is 0 Å². The summed E-state index contributed by atoms with van der Waals surface area (Å²) in [6.45, 7) is 10.9. The minimum absolute atomic E-state index is 0. The molecule has 3 saturated carbocycles. The van der Waals surface area contributed by atoms with Crippen molar-refractivity contribution in [3.05, 3.63) is 83.6 Å². The van der Waals surface area contributed by atoms with Gasteiger partial charge in [-0.2, -0.15) is 12.8 Å². The molecule has 0 aliphatic heterocycles. The molecule has 0 aromatic carbocycles. The van der Waals surface area contributed by atoms with E-state index in [0.29, 0.717) is 11.8 Å². The van der Waals surface area contributed by atoms with Gasteiger partial charge in [0.25, 0.3) is 0 Å². The molecular formula is C36H52N5Y-. The van der Waals surface area contributed by atoms with Crippen molar-refractivity contribution in [1.29, 1.82) is 0 Å². The fourth-order valence-corrected chi connectivity index (χ4v) is 6.21. The van der Waals surface area contributed by atoms with Crippen LogP contribution in [0, 0.1) is 39.0 Å². The molecule has 5 nitrogen and oxygen atoms in total. The van der Waals surface area contributed by atoms with Crippen molar-refractivity contribution in [2.24, 2.45) is 11.8 Å².